The fourth-order valence-electron chi connectivity index (χ4n) is 3.86. The number of likely N-dealkylation sites (N-methyl/N-ethyl adjacent to an activating group) is 1. The molecule has 1 aliphatic rings. The Morgan fingerprint density at radius 3 is 2.50 bits per heavy atom. The molecule has 1 amide bonds. The highest BCUT2D eigenvalue weighted by Crippen LogP contribution is 2.36. The number of anilines is 1. The lowest BCUT2D eigenvalue weighted by molar-refractivity contribution is 0.0366. The molecular formula is C24H33N3O6S. The van der Waals surface area contributed by atoms with Gasteiger partial charge in [0.25, 0.3) is 15.9 Å². The van der Waals surface area contributed by atoms with Crippen LogP contribution in [0.1, 0.15) is 24.2 Å². The van der Waals surface area contributed by atoms with Crippen LogP contribution in [0.25, 0.3) is 0 Å². The molecule has 0 saturated carbocycles. The molecule has 0 bridgehead atoms. The smallest absolute Gasteiger partial charge is 0.262 e. The first-order valence-corrected chi connectivity index (χ1v) is 12.6. The highest BCUT2D eigenvalue weighted by atomic mass is 32.2. The molecule has 186 valence electrons. The zero-order valence-corrected chi connectivity index (χ0v) is 21.0. The van der Waals surface area contributed by atoms with E-state index in [-0.39, 0.29) is 46.4 Å². The quantitative estimate of drug-likeness (QED) is 0.583. The van der Waals surface area contributed by atoms with E-state index in [0.717, 1.165) is 0 Å². The van der Waals surface area contributed by atoms with E-state index in [2.05, 4.69) is 4.72 Å². The third-order valence-corrected chi connectivity index (χ3v) is 7.23. The molecule has 1 aliphatic heterocycles. The molecule has 34 heavy (non-hydrogen) atoms. The number of benzene rings is 2. The number of ether oxygens (including phenoxy) is 2. The number of amides is 1. The second kappa shape index (κ2) is 10.6. The highest BCUT2D eigenvalue weighted by molar-refractivity contribution is 7.92. The van der Waals surface area contributed by atoms with Gasteiger partial charge in [-0.15, -0.1) is 0 Å². The molecule has 2 N–H and O–H groups in total. The van der Waals surface area contributed by atoms with Crippen molar-refractivity contribution in [3.05, 3.63) is 48.0 Å². The maximum atomic E-state index is 13.5. The summed E-state index contributed by atoms with van der Waals surface area (Å²) in [4.78, 5) is 17.1. The van der Waals surface area contributed by atoms with Gasteiger partial charge in [-0.3, -0.25) is 9.52 Å². The number of carbonyl (C=O) groups is 1. The molecule has 0 unspecified atom stereocenters. The van der Waals surface area contributed by atoms with Gasteiger partial charge >= 0.3 is 0 Å². The number of hydrogen-bond acceptors (Lipinski definition) is 7. The van der Waals surface area contributed by atoms with Gasteiger partial charge in [-0.2, -0.15) is 0 Å². The molecule has 9 nitrogen and oxygen atoms in total. The van der Waals surface area contributed by atoms with Crippen LogP contribution in [0.5, 0.6) is 11.5 Å². The largest absolute Gasteiger partial charge is 0.497 e. The van der Waals surface area contributed by atoms with Gasteiger partial charge in [-0.1, -0.05) is 13.0 Å². The van der Waals surface area contributed by atoms with Crippen LogP contribution in [0.2, 0.25) is 0 Å². The van der Waals surface area contributed by atoms with Crippen molar-refractivity contribution >= 4 is 21.6 Å². The van der Waals surface area contributed by atoms with Crippen molar-refractivity contribution in [2.45, 2.75) is 30.9 Å². The number of hydrogen-bond donors (Lipinski definition) is 2. The number of methoxy groups -OCH3 is 1. The van der Waals surface area contributed by atoms with Crippen LogP contribution >= 0.6 is 0 Å². The van der Waals surface area contributed by atoms with Gasteiger partial charge in [0.2, 0.25) is 0 Å². The first-order valence-electron chi connectivity index (χ1n) is 11.1. The number of sulfonamides is 1. The van der Waals surface area contributed by atoms with E-state index in [4.69, 9.17) is 9.47 Å². The van der Waals surface area contributed by atoms with E-state index in [9.17, 15) is 18.3 Å². The van der Waals surface area contributed by atoms with Crippen molar-refractivity contribution < 1.29 is 27.8 Å². The average molecular weight is 492 g/mol. The summed E-state index contributed by atoms with van der Waals surface area (Å²) in [6.45, 7) is 4.55. The topological polar surface area (TPSA) is 108 Å². The number of aliphatic hydroxyl groups is 1. The summed E-state index contributed by atoms with van der Waals surface area (Å²) in [6.07, 6.45) is -0.318. The summed E-state index contributed by atoms with van der Waals surface area (Å²) in [7, 11) is 1.39. The minimum atomic E-state index is -3.96. The first-order chi connectivity index (χ1) is 16.1. The summed E-state index contributed by atoms with van der Waals surface area (Å²) in [5.74, 6) is 0.325. The maximum Gasteiger partial charge on any atom is 0.262 e. The van der Waals surface area contributed by atoms with Crippen LogP contribution in [0, 0.1) is 5.92 Å². The maximum absolute atomic E-state index is 13.5. The standard InChI is InChI=1S/C24H33N3O6S/c1-16-13-27(17(2)15-28)24(29)20-7-6-8-21(23(20)33-22(16)14-26(3)4)25-34(30,31)19-11-9-18(32-5)10-12-19/h6-12,16-17,22,25,28H,13-15H2,1-5H3/t16-,17-,22-/m1/s1. The molecule has 0 aromatic heterocycles. The zero-order chi connectivity index (χ0) is 25.0. The van der Waals surface area contributed by atoms with E-state index in [1.54, 1.807) is 42.2 Å². The Hall–Kier alpha value is -2.82. The molecule has 0 aliphatic carbocycles. The van der Waals surface area contributed by atoms with E-state index in [1.807, 2.05) is 25.9 Å². The van der Waals surface area contributed by atoms with Crippen molar-refractivity contribution in [2.75, 3.05) is 45.6 Å². The van der Waals surface area contributed by atoms with Crippen molar-refractivity contribution in [3.63, 3.8) is 0 Å². The van der Waals surface area contributed by atoms with Crippen LogP contribution in [0.4, 0.5) is 5.69 Å². The fraction of sp³-hybridized carbons (Fsp3) is 0.458. The third kappa shape index (κ3) is 5.63. The van der Waals surface area contributed by atoms with Crippen LogP contribution in [0.3, 0.4) is 0 Å². The molecule has 0 radical (unpaired) electrons. The molecule has 0 spiro atoms. The first kappa shape index (κ1) is 25.8. The van der Waals surface area contributed by atoms with Crippen LogP contribution < -0.4 is 14.2 Å². The number of nitrogens with zero attached hydrogens (tertiary/aromatic N) is 2. The SMILES string of the molecule is COc1ccc(S(=O)(=O)Nc2cccc3c2O[C@H](CN(C)C)[C@H](C)CN([C@H](C)CO)C3=O)cc1. The lowest BCUT2D eigenvalue weighted by Gasteiger charge is -2.38. The van der Waals surface area contributed by atoms with Gasteiger partial charge in [0.15, 0.2) is 5.75 Å². The summed E-state index contributed by atoms with van der Waals surface area (Å²) < 4.78 is 40.3. The lowest BCUT2D eigenvalue weighted by atomic mass is 9.99. The molecule has 0 saturated heterocycles. The fourth-order valence-corrected chi connectivity index (χ4v) is 4.92. The van der Waals surface area contributed by atoms with Crippen molar-refractivity contribution in [1.29, 1.82) is 0 Å². The van der Waals surface area contributed by atoms with E-state index in [0.29, 0.717) is 18.8 Å². The summed E-state index contributed by atoms with van der Waals surface area (Å²) in [5.41, 5.74) is 0.419. The predicted octanol–water partition coefficient (Wildman–Crippen LogP) is 2.28. The highest BCUT2D eigenvalue weighted by Gasteiger charge is 2.34. The third-order valence-electron chi connectivity index (χ3n) is 5.85. The Morgan fingerprint density at radius 1 is 1.24 bits per heavy atom. The number of nitrogens with one attached hydrogen (secondary N) is 1. The van der Waals surface area contributed by atoms with Gasteiger partial charge in [0.1, 0.15) is 11.9 Å². The van der Waals surface area contributed by atoms with Crippen molar-refractivity contribution in [1.82, 2.24) is 9.80 Å². The Morgan fingerprint density at radius 2 is 1.91 bits per heavy atom. The minimum Gasteiger partial charge on any atom is -0.497 e. The van der Waals surface area contributed by atoms with Gasteiger partial charge in [0.05, 0.1) is 35.9 Å². The summed E-state index contributed by atoms with van der Waals surface area (Å²) in [5, 5.41) is 9.75. The molecular weight excluding hydrogens is 458 g/mol. The Balaban J connectivity index is 2.07. The predicted molar refractivity (Wildman–Crippen MR) is 130 cm³/mol. The molecule has 2 aromatic rings. The Bertz CT molecular complexity index is 1100. The van der Waals surface area contributed by atoms with Gasteiger partial charge in [-0.05, 0) is 57.4 Å². The summed E-state index contributed by atoms with van der Waals surface area (Å²) >= 11 is 0. The van der Waals surface area contributed by atoms with Crippen LogP contribution in [-0.4, -0.2) is 82.3 Å². The molecule has 0 fully saturated rings. The summed E-state index contributed by atoms with van der Waals surface area (Å²) in [6, 6.07) is 10.4. The van der Waals surface area contributed by atoms with Crippen molar-refractivity contribution in [2.24, 2.45) is 5.92 Å². The average Bonchev–Trinajstić information content (AvgIpc) is 2.80. The second-order valence-electron chi connectivity index (χ2n) is 8.85. The van der Waals surface area contributed by atoms with Crippen LogP contribution in [-0.2, 0) is 10.0 Å². The number of aliphatic hydroxyl groups excluding tert-OH is 1. The Kier molecular flexibility index (Phi) is 8.06. The number of rotatable bonds is 8. The van der Waals surface area contributed by atoms with Crippen LogP contribution in [0.15, 0.2) is 47.4 Å². The lowest BCUT2D eigenvalue weighted by Crippen LogP contribution is -2.49. The molecule has 3 rings (SSSR count). The molecule has 1 heterocycles. The van der Waals surface area contributed by atoms with E-state index in [1.165, 1.54) is 19.2 Å². The van der Waals surface area contributed by atoms with Gasteiger partial charge < -0.3 is 24.4 Å². The Labute approximate surface area is 201 Å². The number of fused-ring (bicyclic) bond motifs is 1. The van der Waals surface area contributed by atoms with E-state index < -0.39 is 16.1 Å². The monoisotopic (exact) mass is 491 g/mol. The van der Waals surface area contributed by atoms with Gasteiger partial charge in [0, 0.05) is 19.0 Å². The van der Waals surface area contributed by atoms with Crippen molar-refractivity contribution in [3.8, 4) is 11.5 Å². The minimum absolute atomic E-state index is 0.0526. The normalized spacial score (nSPS) is 19.6. The van der Waals surface area contributed by atoms with Gasteiger partial charge in [-0.25, -0.2) is 8.42 Å². The number of para-hydroxylation sites is 1. The zero-order valence-electron chi connectivity index (χ0n) is 20.2. The second-order valence-corrected chi connectivity index (χ2v) is 10.5. The molecule has 3 atom stereocenters. The molecule has 2 aromatic carbocycles. The number of carbonyl (C=O) groups excluding carboxylic acids is 1. The van der Waals surface area contributed by atoms with E-state index >= 15 is 0 Å². The molecule has 10 heteroatoms.